The molecule has 0 aliphatic carbocycles. The van der Waals surface area contributed by atoms with E-state index >= 15 is 0 Å². The molecule has 3 rings (SSSR count). The Balaban J connectivity index is 2.25. The summed E-state index contributed by atoms with van der Waals surface area (Å²) in [6, 6.07) is 13.8. The zero-order valence-corrected chi connectivity index (χ0v) is 15.3. The number of carboxylic acid groups (broad SMARTS) is 1. The topological polar surface area (TPSA) is 53.0 Å². The highest BCUT2D eigenvalue weighted by molar-refractivity contribution is 6.04. The predicted molar refractivity (Wildman–Crippen MR) is 99.7 cm³/mol. The van der Waals surface area contributed by atoms with Crippen LogP contribution in [0.1, 0.15) is 47.8 Å². The minimum Gasteiger partial charge on any atom is -0.545 e. The number of rotatable bonds is 2. The number of fused-ring (bicyclic) bond motifs is 1. The third kappa shape index (κ3) is 3.14. The molecule has 3 heteroatoms. The first-order valence-corrected chi connectivity index (χ1v) is 8.41. The van der Waals surface area contributed by atoms with E-state index in [1.807, 2.05) is 37.3 Å². The van der Waals surface area contributed by atoms with Crippen LogP contribution in [-0.4, -0.2) is 11.0 Å². The average Bonchev–Trinajstić information content (AvgIpc) is 2.53. The molecule has 0 unspecified atom stereocenters. The Morgan fingerprint density at radius 3 is 2.20 bits per heavy atom. The van der Waals surface area contributed by atoms with Crippen molar-refractivity contribution in [3.05, 3.63) is 64.7 Å². The lowest BCUT2D eigenvalue weighted by molar-refractivity contribution is -0.254. The summed E-state index contributed by atoms with van der Waals surface area (Å²) in [4.78, 5) is 16.5. The molecule has 0 fully saturated rings. The van der Waals surface area contributed by atoms with Crippen LogP contribution in [0.15, 0.2) is 42.5 Å². The van der Waals surface area contributed by atoms with Crippen molar-refractivity contribution in [1.82, 2.24) is 4.98 Å². The van der Waals surface area contributed by atoms with Crippen LogP contribution in [0.5, 0.6) is 0 Å². The smallest absolute Gasteiger partial charge is 0.0745 e. The van der Waals surface area contributed by atoms with Crippen molar-refractivity contribution < 1.29 is 9.90 Å². The second-order valence-corrected chi connectivity index (χ2v) is 7.60. The number of carbonyl (C=O) groups is 1. The van der Waals surface area contributed by atoms with Gasteiger partial charge in [0.1, 0.15) is 0 Å². The van der Waals surface area contributed by atoms with E-state index in [1.54, 1.807) is 6.92 Å². The quantitative estimate of drug-likeness (QED) is 0.707. The molecular weight excluding hydrogens is 310 g/mol. The number of pyridine rings is 1. The Kier molecular flexibility index (Phi) is 4.11. The van der Waals surface area contributed by atoms with Crippen LogP contribution in [0, 0.1) is 13.8 Å². The zero-order valence-electron chi connectivity index (χ0n) is 15.3. The number of hydrogen-bond acceptors (Lipinski definition) is 3. The lowest BCUT2D eigenvalue weighted by Crippen LogP contribution is -2.24. The van der Waals surface area contributed by atoms with Gasteiger partial charge in [0.05, 0.1) is 17.2 Å². The lowest BCUT2D eigenvalue weighted by atomic mass is 9.86. The number of benzene rings is 2. The van der Waals surface area contributed by atoms with Gasteiger partial charge in [-0.1, -0.05) is 56.7 Å². The van der Waals surface area contributed by atoms with Crippen LogP contribution in [0.4, 0.5) is 0 Å². The van der Waals surface area contributed by atoms with E-state index in [2.05, 4.69) is 32.9 Å². The van der Waals surface area contributed by atoms with E-state index in [9.17, 15) is 9.90 Å². The summed E-state index contributed by atoms with van der Waals surface area (Å²) in [7, 11) is 0. The van der Waals surface area contributed by atoms with Crippen molar-refractivity contribution in [3.8, 4) is 11.3 Å². The second-order valence-electron chi connectivity index (χ2n) is 7.60. The van der Waals surface area contributed by atoms with Gasteiger partial charge >= 0.3 is 0 Å². The van der Waals surface area contributed by atoms with E-state index in [1.165, 1.54) is 5.56 Å². The average molecular weight is 332 g/mol. The highest BCUT2D eigenvalue weighted by atomic mass is 16.4. The first-order chi connectivity index (χ1) is 11.7. The molecule has 3 nitrogen and oxygen atoms in total. The third-order valence-electron chi connectivity index (χ3n) is 4.61. The van der Waals surface area contributed by atoms with Gasteiger partial charge in [-0.2, -0.15) is 0 Å². The van der Waals surface area contributed by atoms with Gasteiger partial charge in [0, 0.05) is 16.5 Å². The zero-order chi connectivity index (χ0) is 18.4. The van der Waals surface area contributed by atoms with Gasteiger partial charge in [-0.15, -0.1) is 0 Å². The summed E-state index contributed by atoms with van der Waals surface area (Å²) in [5.74, 6) is -1.16. The molecule has 1 aromatic heterocycles. The van der Waals surface area contributed by atoms with Crippen LogP contribution >= 0.6 is 0 Å². The molecule has 1 heterocycles. The first-order valence-electron chi connectivity index (χ1n) is 8.41. The molecule has 0 N–H and O–H groups in total. The van der Waals surface area contributed by atoms with Gasteiger partial charge in [-0.25, -0.2) is 4.98 Å². The molecule has 0 bridgehead atoms. The number of nitrogens with zero attached hydrogens (tertiary/aromatic N) is 1. The number of hydrogen-bond donors (Lipinski definition) is 0. The molecule has 0 spiro atoms. The molecule has 128 valence electrons. The summed E-state index contributed by atoms with van der Waals surface area (Å²) in [5.41, 5.74) is 5.43. The maximum absolute atomic E-state index is 11.8. The fourth-order valence-electron chi connectivity index (χ4n) is 3.14. The molecule has 25 heavy (non-hydrogen) atoms. The van der Waals surface area contributed by atoms with Crippen LogP contribution < -0.4 is 5.11 Å². The van der Waals surface area contributed by atoms with Gasteiger partial charge in [0.25, 0.3) is 0 Å². The number of aromatic nitrogens is 1. The summed E-state index contributed by atoms with van der Waals surface area (Å²) in [5, 5.41) is 12.4. The Hall–Kier alpha value is -2.68. The van der Waals surface area contributed by atoms with E-state index in [4.69, 9.17) is 4.98 Å². The standard InChI is InChI=1S/C22H23NO2/c1-13-6-11-18-17(12-13)19(21(24)25)14(2)20(23-18)15-7-9-16(10-8-15)22(3,4)5/h6-12H,1-5H3,(H,24,25)/p-1. The van der Waals surface area contributed by atoms with Gasteiger partial charge < -0.3 is 9.90 Å². The second kappa shape index (κ2) is 5.99. The van der Waals surface area contributed by atoms with Gasteiger partial charge in [0.2, 0.25) is 0 Å². The molecule has 0 aliphatic rings. The molecule has 0 saturated carbocycles. The van der Waals surface area contributed by atoms with Crippen LogP contribution in [0.3, 0.4) is 0 Å². The first kappa shape index (κ1) is 17.2. The van der Waals surface area contributed by atoms with Crippen LogP contribution in [0.2, 0.25) is 0 Å². The minimum atomic E-state index is -1.16. The van der Waals surface area contributed by atoms with E-state index in [0.717, 1.165) is 11.1 Å². The summed E-state index contributed by atoms with van der Waals surface area (Å²) < 4.78 is 0. The molecule has 0 atom stereocenters. The predicted octanol–water partition coefficient (Wildman–Crippen LogP) is 4.18. The number of carboxylic acids is 1. The lowest BCUT2D eigenvalue weighted by Gasteiger charge is -2.20. The molecule has 2 aromatic carbocycles. The molecule has 3 aromatic rings. The van der Waals surface area contributed by atoms with Gasteiger partial charge in [-0.05, 0) is 42.5 Å². The Bertz CT molecular complexity index is 964. The number of aromatic carboxylic acids is 1. The van der Waals surface area contributed by atoms with Gasteiger partial charge in [0.15, 0.2) is 0 Å². The van der Waals surface area contributed by atoms with E-state index in [-0.39, 0.29) is 11.0 Å². The van der Waals surface area contributed by atoms with Crippen molar-refractivity contribution in [2.24, 2.45) is 0 Å². The van der Waals surface area contributed by atoms with E-state index in [0.29, 0.717) is 22.2 Å². The van der Waals surface area contributed by atoms with Crippen molar-refractivity contribution in [1.29, 1.82) is 0 Å². The molecule has 0 aliphatic heterocycles. The third-order valence-corrected chi connectivity index (χ3v) is 4.61. The van der Waals surface area contributed by atoms with Crippen LogP contribution in [0.25, 0.3) is 22.2 Å². The number of aryl methyl sites for hydroxylation is 1. The Morgan fingerprint density at radius 2 is 1.64 bits per heavy atom. The summed E-state index contributed by atoms with van der Waals surface area (Å²) in [6.07, 6.45) is 0. The van der Waals surface area contributed by atoms with Crippen molar-refractivity contribution in [2.75, 3.05) is 0 Å². The van der Waals surface area contributed by atoms with Crippen molar-refractivity contribution in [2.45, 2.75) is 40.0 Å². The van der Waals surface area contributed by atoms with Crippen LogP contribution in [-0.2, 0) is 5.41 Å². The maximum atomic E-state index is 11.8. The highest BCUT2D eigenvalue weighted by Gasteiger charge is 2.16. The monoisotopic (exact) mass is 332 g/mol. The van der Waals surface area contributed by atoms with E-state index < -0.39 is 5.97 Å². The minimum absolute atomic E-state index is 0.0675. The fourth-order valence-corrected chi connectivity index (χ4v) is 3.14. The molecule has 0 amide bonds. The Labute approximate surface area is 148 Å². The molecular formula is C22H22NO2-. The summed E-state index contributed by atoms with van der Waals surface area (Å²) in [6.45, 7) is 10.2. The Morgan fingerprint density at radius 1 is 1.00 bits per heavy atom. The van der Waals surface area contributed by atoms with Crippen molar-refractivity contribution in [3.63, 3.8) is 0 Å². The van der Waals surface area contributed by atoms with Gasteiger partial charge in [-0.3, -0.25) is 0 Å². The largest absolute Gasteiger partial charge is 0.545 e. The molecule has 0 radical (unpaired) electrons. The summed E-state index contributed by atoms with van der Waals surface area (Å²) >= 11 is 0. The maximum Gasteiger partial charge on any atom is 0.0745 e. The molecule has 0 saturated heterocycles. The number of carbonyl (C=O) groups excluding carboxylic acids is 1. The normalized spacial score (nSPS) is 11.7. The van der Waals surface area contributed by atoms with Crippen molar-refractivity contribution >= 4 is 16.9 Å². The fraction of sp³-hybridized carbons (Fsp3) is 0.273. The highest BCUT2D eigenvalue weighted by Crippen LogP contribution is 2.31. The SMILES string of the molecule is Cc1ccc2nc(-c3ccc(C(C)(C)C)cc3)c(C)c(C(=O)[O-])c2c1.